The van der Waals surface area contributed by atoms with Gasteiger partial charge in [0.05, 0.1) is 0 Å². The largest absolute Gasteiger partial charge is 0.356 e. The first kappa shape index (κ1) is 14.2. The summed E-state index contributed by atoms with van der Waals surface area (Å²) >= 11 is 4.99. The van der Waals surface area contributed by atoms with Crippen LogP contribution in [-0.2, 0) is 0 Å². The molecule has 0 radical (unpaired) electrons. The van der Waals surface area contributed by atoms with Crippen LogP contribution in [0.15, 0.2) is 54.6 Å². The summed E-state index contributed by atoms with van der Waals surface area (Å²) in [5.74, 6) is 0.660. The zero-order valence-electron chi connectivity index (χ0n) is 12.0. The maximum Gasteiger partial charge on any atom is 0.215 e. The number of hydrogen-bond donors (Lipinski definition) is 3. The summed E-state index contributed by atoms with van der Waals surface area (Å²) in [5, 5.41) is 13.3. The minimum Gasteiger partial charge on any atom is -0.356 e. The van der Waals surface area contributed by atoms with Crippen LogP contribution < -0.4 is 10.6 Å². The topological polar surface area (TPSA) is 65.6 Å². The van der Waals surface area contributed by atoms with E-state index in [4.69, 9.17) is 12.2 Å². The Morgan fingerprint density at radius 1 is 0.864 bits per heavy atom. The van der Waals surface area contributed by atoms with Crippen molar-refractivity contribution >= 4 is 35.1 Å². The van der Waals surface area contributed by atoms with Crippen LogP contribution in [0.1, 0.15) is 5.69 Å². The van der Waals surface area contributed by atoms with Crippen molar-refractivity contribution in [2.24, 2.45) is 0 Å². The predicted octanol–water partition coefficient (Wildman–Crippen LogP) is 4.33. The van der Waals surface area contributed by atoms with Crippen molar-refractivity contribution in [2.45, 2.75) is 6.92 Å². The van der Waals surface area contributed by atoms with Crippen LogP contribution in [0.3, 0.4) is 0 Å². The molecule has 6 heteroatoms. The number of nitrogens with zero attached hydrogens (tertiary/aromatic N) is 2. The molecule has 2 aromatic carbocycles. The van der Waals surface area contributed by atoms with E-state index >= 15 is 0 Å². The summed E-state index contributed by atoms with van der Waals surface area (Å²) in [6, 6.07) is 18.0. The molecule has 110 valence electrons. The Morgan fingerprint density at radius 2 is 1.45 bits per heavy atom. The highest BCUT2D eigenvalue weighted by Gasteiger charge is 2.02. The molecule has 0 amide bonds. The van der Waals surface area contributed by atoms with Crippen LogP contribution >= 0.6 is 12.2 Å². The molecule has 0 saturated heterocycles. The maximum atomic E-state index is 4.99. The Hall–Kier alpha value is -2.73. The smallest absolute Gasteiger partial charge is 0.215 e. The van der Waals surface area contributed by atoms with Crippen molar-refractivity contribution in [1.29, 1.82) is 0 Å². The van der Waals surface area contributed by atoms with Crippen molar-refractivity contribution in [3.63, 3.8) is 0 Å². The van der Waals surface area contributed by atoms with Gasteiger partial charge in [0.1, 0.15) is 5.69 Å². The summed E-state index contributed by atoms with van der Waals surface area (Å²) < 4.78 is 0.357. The molecule has 3 rings (SSSR count). The Bertz CT molecular complexity index is 812. The quantitative estimate of drug-likeness (QED) is 0.626. The van der Waals surface area contributed by atoms with Crippen LogP contribution in [0.25, 0.3) is 0 Å². The van der Waals surface area contributed by atoms with Gasteiger partial charge in [-0.2, -0.15) is 10.1 Å². The Labute approximate surface area is 133 Å². The van der Waals surface area contributed by atoms with Crippen molar-refractivity contribution in [3.05, 3.63) is 65.1 Å². The number of hydrogen-bond acceptors (Lipinski definition) is 5. The van der Waals surface area contributed by atoms with Gasteiger partial charge in [0.15, 0.2) is 5.82 Å². The van der Waals surface area contributed by atoms with Crippen LogP contribution in [0.2, 0.25) is 0 Å². The van der Waals surface area contributed by atoms with Crippen LogP contribution in [-0.4, -0.2) is 15.2 Å². The van der Waals surface area contributed by atoms with Crippen molar-refractivity contribution in [3.8, 4) is 0 Å². The van der Waals surface area contributed by atoms with Gasteiger partial charge in [0, 0.05) is 17.1 Å². The zero-order chi connectivity index (χ0) is 15.4. The summed E-state index contributed by atoms with van der Waals surface area (Å²) in [4.78, 5) is 4.23. The molecule has 0 saturated carbocycles. The SMILES string of the molecule is Cc1n[nH]c(=S)nc1Nc1ccc(Nc2ccccc2)cc1. The summed E-state index contributed by atoms with van der Waals surface area (Å²) in [5.41, 5.74) is 3.76. The Kier molecular flexibility index (Phi) is 4.11. The van der Waals surface area contributed by atoms with E-state index in [1.54, 1.807) is 0 Å². The second-order valence-electron chi connectivity index (χ2n) is 4.77. The van der Waals surface area contributed by atoms with Crippen molar-refractivity contribution < 1.29 is 0 Å². The minimum atomic E-state index is 0.357. The first-order valence-electron chi connectivity index (χ1n) is 6.83. The number of aromatic amines is 1. The van der Waals surface area contributed by atoms with Crippen LogP contribution in [0.5, 0.6) is 0 Å². The van der Waals surface area contributed by atoms with Crippen molar-refractivity contribution in [1.82, 2.24) is 15.2 Å². The van der Waals surface area contributed by atoms with E-state index in [0.29, 0.717) is 10.6 Å². The lowest BCUT2D eigenvalue weighted by molar-refractivity contribution is 0.914. The Morgan fingerprint density at radius 3 is 2.14 bits per heavy atom. The fraction of sp³-hybridized carbons (Fsp3) is 0.0625. The first-order valence-corrected chi connectivity index (χ1v) is 7.24. The molecule has 1 heterocycles. The molecular formula is C16H15N5S. The van der Waals surface area contributed by atoms with Gasteiger partial charge in [-0.15, -0.1) is 0 Å². The number of H-pyrrole nitrogens is 1. The third kappa shape index (κ3) is 3.48. The van der Waals surface area contributed by atoms with Gasteiger partial charge in [0.25, 0.3) is 0 Å². The molecule has 3 N–H and O–H groups in total. The summed E-state index contributed by atoms with van der Waals surface area (Å²) in [7, 11) is 0. The number of anilines is 4. The molecule has 0 bridgehead atoms. The summed E-state index contributed by atoms with van der Waals surface area (Å²) in [6.07, 6.45) is 0. The van der Waals surface area contributed by atoms with E-state index in [1.165, 1.54) is 0 Å². The average Bonchev–Trinajstić information content (AvgIpc) is 2.54. The first-order chi connectivity index (χ1) is 10.7. The van der Waals surface area contributed by atoms with E-state index in [9.17, 15) is 0 Å². The number of nitrogens with one attached hydrogen (secondary N) is 3. The van der Waals surface area contributed by atoms with Gasteiger partial charge in [-0.25, -0.2) is 0 Å². The third-order valence-electron chi connectivity index (χ3n) is 3.09. The molecule has 5 nitrogen and oxygen atoms in total. The lowest BCUT2D eigenvalue weighted by atomic mass is 10.2. The normalized spacial score (nSPS) is 10.2. The molecule has 0 aliphatic carbocycles. The predicted molar refractivity (Wildman–Crippen MR) is 91.4 cm³/mol. The standard InChI is InChI=1S/C16H15N5S/c1-11-15(19-16(22)21-20-11)18-14-9-7-13(8-10-14)17-12-5-3-2-4-6-12/h2-10,17H,1H3,(H2,18,19,21,22). The van der Waals surface area contributed by atoms with Gasteiger partial charge in [-0.3, -0.25) is 5.10 Å². The van der Waals surface area contributed by atoms with E-state index in [0.717, 1.165) is 22.8 Å². The number of para-hydroxylation sites is 1. The van der Waals surface area contributed by atoms with Gasteiger partial charge < -0.3 is 10.6 Å². The molecule has 0 fully saturated rings. The highest BCUT2D eigenvalue weighted by atomic mass is 32.1. The second kappa shape index (κ2) is 6.36. The lowest BCUT2D eigenvalue weighted by Crippen LogP contribution is -2.01. The molecule has 22 heavy (non-hydrogen) atoms. The summed E-state index contributed by atoms with van der Waals surface area (Å²) in [6.45, 7) is 1.87. The van der Waals surface area contributed by atoms with Gasteiger partial charge in [0.2, 0.25) is 4.77 Å². The number of aryl methyl sites for hydroxylation is 1. The monoisotopic (exact) mass is 309 g/mol. The minimum absolute atomic E-state index is 0.357. The van der Waals surface area contributed by atoms with Gasteiger partial charge in [-0.1, -0.05) is 18.2 Å². The van der Waals surface area contributed by atoms with E-state index in [1.807, 2.05) is 61.5 Å². The molecular weight excluding hydrogens is 294 g/mol. The number of aromatic nitrogens is 3. The average molecular weight is 309 g/mol. The molecule has 0 aliphatic rings. The zero-order valence-corrected chi connectivity index (χ0v) is 12.8. The fourth-order valence-corrected chi connectivity index (χ4v) is 2.11. The van der Waals surface area contributed by atoms with E-state index < -0.39 is 0 Å². The van der Waals surface area contributed by atoms with Gasteiger partial charge in [-0.05, 0) is 55.5 Å². The lowest BCUT2D eigenvalue weighted by Gasteiger charge is -2.09. The second-order valence-corrected chi connectivity index (χ2v) is 5.15. The number of rotatable bonds is 4. The number of benzene rings is 2. The van der Waals surface area contributed by atoms with E-state index in [2.05, 4.69) is 25.8 Å². The molecule has 3 aromatic rings. The highest BCUT2D eigenvalue weighted by Crippen LogP contribution is 2.21. The van der Waals surface area contributed by atoms with Gasteiger partial charge >= 0.3 is 0 Å². The molecule has 0 unspecified atom stereocenters. The third-order valence-corrected chi connectivity index (χ3v) is 3.27. The molecule has 0 aliphatic heterocycles. The fourth-order valence-electron chi connectivity index (χ4n) is 1.97. The van der Waals surface area contributed by atoms with Crippen LogP contribution in [0.4, 0.5) is 22.9 Å². The molecule has 0 spiro atoms. The molecule has 0 atom stereocenters. The maximum absolute atomic E-state index is 4.99. The van der Waals surface area contributed by atoms with Crippen LogP contribution in [0, 0.1) is 11.7 Å². The Balaban J connectivity index is 1.74. The molecule has 1 aromatic heterocycles. The van der Waals surface area contributed by atoms with Crippen molar-refractivity contribution in [2.75, 3.05) is 10.6 Å². The highest BCUT2D eigenvalue weighted by molar-refractivity contribution is 7.71. The van der Waals surface area contributed by atoms with E-state index in [-0.39, 0.29) is 0 Å².